The van der Waals surface area contributed by atoms with Crippen molar-refractivity contribution in [1.29, 1.82) is 0 Å². The Hall–Kier alpha value is -2.71. The molecular formula is C20H17N5OS2. The van der Waals surface area contributed by atoms with Gasteiger partial charge in [-0.2, -0.15) is 0 Å². The summed E-state index contributed by atoms with van der Waals surface area (Å²) in [5.74, 6) is 0.558. The lowest BCUT2D eigenvalue weighted by molar-refractivity contribution is -0.134. The van der Waals surface area contributed by atoms with E-state index in [2.05, 4.69) is 21.4 Å². The van der Waals surface area contributed by atoms with Crippen LogP contribution in [0.3, 0.4) is 0 Å². The molecule has 0 spiro atoms. The molecule has 0 aliphatic carbocycles. The molecule has 1 aliphatic heterocycles. The minimum Gasteiger partial charge on any atom is -0.338 e. The molecule has 6 nitrogen and oxygen atoms in total. The van der Waals surface area contributed by atoms with Crippen molar-refractivity contribution in [2.24, 2.45) is 0 Å². The molecule has 4 aromatic rings. The highest BCUT2D eigenvalue weighted by Crippen LogP contribution is 2.30. The first-order valence-electron chi connectivity index (χ1n) is 9.00. The van der Waals surface area contributed by atoms with Crippen molar-refractivity contribution in [3.63, 3.8) is 0 Å². The second kappa shape index (κ2) is 7.37. The van der Waals surface area contributed by atoms with Crippen molar-refractivity contribution in [3.8, 4) is 11.3 Å². The fourth-order valence-corrected chi connectivity index (χ4v) is 5.12. The number of thioether (sulfide) groups is 1. The van der Waals surface area contributed by atoms with E-state index in [0.717, 1.165) is 25.8 Å². The third-order valence-electron chi connectivity index (χ3n) is 4.76. The fourth-order valence-electron chi connectivity index (χ4n) is 3.15. The molecule has 140 valence electrons. The van der Waals surface area contributed by atoms with Crippen molar-refractivity contribution in [2.75, 3.05) is 18.8 Å². The van der Waals surface area contributed by atoms with Crippen LogP contribution >= 0.6 is 23.1 Å². The van der Waals surface area contributed by atoms with Gasteiger partial charge in [0.2, 0.25) is 5.91 Å². The molecule has 28 heavy (non-hydrogen) atoms. The van der Waals surface area contributed by atoms with Crippen molar-refractivity contribution in [2.45, 2.75) is 10.4 Å². The van der Waals surface area contributed by atoms with Crippen molar-refractivity contribution >= 4 is 39.2 Å². The molecule has 0 unspecified atom stereocenters. The lowest BCUT2D eigenvalue weighted by Gasteiger charge is -2.38. The van der Waals surface area contributed by atoms with E-state index < -0.39 is 0 Å². The molecule has 1 saturated heterocycles. The van der Waals surface area contributed by atoms with Gasteiger partial charge in [-0.1, -0.05) is 59.4 Å². The van der Waals surface area contributed by atoms with Gasteiger partial charge in [0.25, 0.3) is 0 Å². The summed E-state index contributed by atoms with van der Waals surface area (Å²) in [6, 6.07) is 18.2. The molecule has 0 atom stereocenters. The van der Waals surface area contributed by atoms with E-state index in [9.17, 15) is 4.79 Å². The van der Waals surface area contributed by atoms with Crippen molar-refractivity contribution < 1.29 is 4.79 Å². The second-order valence-corrected chi connectivity index (χ2v) is 8.89. The number of likely N-dealkylation sites (tertiary alicyclic amines) is 1. The molecule has 0 N–H and O–H groups in total. The van der Waals surface area contributed by atoms with Crippen LogP contribution in [-0.2, 0) is 4.79 Å². The minimum atomic E-state index is 0.143. The Morgan fingerprint density at radius 3 is 2.71 bits per heavy atom. The summed E-state index contributed by atoms with van der Waals surface area (Å²) in [6.45, 7) is 1.35. The van der Waals surface area contributed by atoms with Crippen LogP contribution in [0.4, 0.5) is 0 Å². The number of fused-ring (bicyclic) bond motifs is 1. The maximum Gasteiger partial charge on any atom is 0.233 e. The number of carbonyl (C=O) groups is 1. The predicted molar refractivity (Wildman–Crippen MR) is 111 cm³/mol. The maximum atomic E-state index is 12.5. The van der Waals surface area contributed by atoms with Gasteiger partial charge in [0.15, 0.2) is 4.34 Å². The Bertz CT molecular complexity index is 1080. The van der Waals surface area contributed by atoms with Crippen LogP contribution in [0.25, 0.3) is 21.5 Å². The first kappa shape index (κ1) is 17.4. The minimum absolute atomic E-state index is 0.143. The first-order chi connectivity index (χ1) is 13.8. The summed E-state index contributed by atoms with van der Waals surface area (Å²) >= 11 is 3.15. The van der Waals surface area contributed by atoms with Gasteiger partial charge in [-0.25, -0.2) is 9.67 Å². The SMILES string of the molecule is O=C(CSc1nc2ccccc2s1)N1CC(n2cc(-c3ccccc3)nn2)C1. The number of nitrogens with zero attached hydrogens (tertiary/aromatic N) is 5. The number of hydrogen-bond donors (Lipinski definition) is 0. The van der Waals surface area contributed by atoms with Crippen LogP contribution in [0, 0.1) is 0 Å². The van der Waals surface area contributed by atoms with Crippen LogP contribution in [0.2, 0.25) is 0 Å². The van der Waals surface area contributed by atoms with Crippen molar-refractivity contribution in [3.05, 3.63) is 60.8 Å². The van der Waals surface area contributed by atoms with Crippen LogP contribution in [0.5, 0.6) is 0 Å². The van der Waals surface area contributed by atoms with Gasteiger partial charge in [-0.3, -0.25) is 4.79 Å². The largest absolute Gasteiger partial charge is 0.338 e. The quantitative estimate of drug-likeness (QED) is 0.472. The normalized spacial score (nSPS) is 14.4. The average Bonchev–Trinajstić information content (AvgIpc) is 3.33. The summed E-state index contributed by atoms with van der Waals surface area (Å²) in [5.41, 5.74) is 2.90. The Kier molecular flexibility index (Phi) is 4.58. The molecule has 1 amide bonds. The van der Waals surface area contributed by atoms with E-state index in [1.54, 1.807) is 11.3 Å². The Morgan fingerprint density at radius 2 is 1.89 bits per heavy atom. The number of rotatable bonds is 5. The van der Waals surface area contributed by atoms with Crippen LogP contribution in [0.15, 0.2) is 65.1 Å². The second-order valence-electron chi connectivity index (χ2n) is 6.64. The number of thiazole rings is 1. The summed E-state index contributed by atoms with van der Waals surface area (Å²) in [6.07, 6.45) is 1.96. The monoisotopic (exact) mass is 407 g/mol. The summed E-state index contributed by atoms with van der Waals surface area (Å²) < 4.78 is 3.96. The maximum absolute atomic E-state index is 12.5. The van der Waals surface area contributed by atoms with Gasteiger partial charge in [0.1, 0.15) is 5.69 Å². The zero-order valence-corrected chi connectivity index (χ0v) is 16.6. The molecule has 3 heterocycles. The van der Waals surface area contributed by atoms with E-state index in [4.69, 9.17) is 0 Å². The van der Waals surface area contributed by atoms with Crippen molar-refractivity contribution in [1.82, 2.24) is 24.9 Å². The third-order valence-corrected chi connectivity index (χ3v) is 6.93. The van der Waals surface area contributed by atoms with Gasteiger partial charge < -0.3 is 4.90 Å². The molecule has 0 radical (unpaired) electrons. The number of carbonyl (C=O) groups excluding carboxylic acids is 1. The third kappa shape index (κ3) is 3.41. The Balaban J connectivity index is 1.15. The highest BCUT2D eigenvalue weighted by Gasteiger charge is 2.32. The van der Waals surface area contributed by atoms with E-state index in [0.29, 0.717) is 18.8 Å². The lowest BCUT2D eigenvalue weighted by atomic mass is 10.1. The molecule has 1 aliphatic rings. The molecule has 8 heteroatoms. The molecule has 5 rings (SSSR count). The highest BCUT2D eigenvalue weighted by molar-refractivity contribution is 8.01. The first-order valence-corrected chi connectivity index (χ1v) is 10.8. The molecule has 0 saturated carbocycles. The molecule has 2 aromatic heterocycles. The van der Waals surface area contributed by atoms with E-state index in [1.165, 1.54) is 11.8 Å². The smallest absolute Gasteiger partial charge is 0.233 e. The van der Waals surface area contributed by atoms with E-state index in [1.807, 2.05) is 64.3 Å². The lowest BCUT2D eigenvalue weighted by Crippen LogP contribution is -2.51. The van der Waals surface area contributed by atoms with Crippen LogP contribution in [-0.4, -0.2) is 49.6 Å². The summed E-state index contributed by atoms with van der Waals surface area (Å²) in [7, 11) is 0. The topological polar surface area (TPSA) is 63.9 Å². The van der Waals surface area contributed by atoms with Gasteiger partial charge in [0.05, 0.1) is 28.2 Å². The molecule has 2 aromatic carbocycles. The van der Waals surface area contributed by atoms with E-state index >= 15 is 0 Å². The van der Waals surface area contributed by atoms with Crippen LogP contribution < -0.4 is 0 Å². The van der Waals surface area contributed by atoms with Crippen LogP contribution in [0.1, 0.15) is 6.04 Å². The van der Waals surface area contributed by atoms with Gasteiger partial charge in [-0.15, -0.1) is 16.4 Å². The number of aromatic nitrogens is 4. The molecule has 1 fully saturated rings. The number of para-hydroxylation sites is 1. The number of benzene rings is 2. The average molecular weight is 408 g/mol. The summed E-state index contributed by atoms with van der Waals surface area (Å²) in [4.78, 5) is 18.9. The van der Waals surface area contributed by atoms with Gasteiger partial charge >= 0.3 is 0 Å². The Morgan fingerprint density at radius 1 is 1.11 bits per heavy atom. The number of amides is 1. The Labute approximate surface area is 170 Å². The summed E-state index contributed by atoms with van der Waals surface area (Å²) in [5, 5.41) is 8.50. The molecule has 0 bridgehead atoms. The number of hydrogen-bond acceptors (Lipinski definition) is 6. The van der Waals surface area contributed by atoms with E-state index in [-0.39, 0.29) is 11.9 Å². The highest BCUT2D eigenvalue weighted by atomic mass is 32.2. The predicted octanol–water partition coefficient (Wildman–Crippen LogP) is 3.73. The molecular weight excluding hydrogens is 390 g/mol. The van der Waals surface area contributed by atoms with Gasteiger partial charge in [0, 0.05) is 18.7 Å². The standard InChI is InChI=1S/C20H17N5OS2/c26-19(13-27-20-21-16-8-4-5-9-18(16)28-20)24-10-15(11-24)25-12-17(22-23-25)14-6-2-1-3-7-14/h1-9,12,15H,10-11,13H2. The zero-order chi connectivity index (χ0) is 18.9. The fraction of sp³-hybridized carbons (Fsp3) is 0.200. The zero-order valence-electron chi connectivity index (χ0n) is 14.9. The van der Waals surface area contributed by atoms with Gasteiger partial charge in [-0.05, 0) is 12.1 Å².